The fraction of sp³-hybridized carbons (Fsp3) is 0.188. The quantitative estimate of drug-likeness (QED) is 0.524. The maximum Gasteiger partial charge on any atom is 0.202 e. The molecule has 0 aromatic heterocycles. The van der Waals surface area contributed by atoms with Crippen LogP contribution in [-0.2, 0) is 6.42 Å². The Hall–Kier alpha value is -2.93. The number of ether oxygens (including phenoxy) is 1. The van der Waals surface area contributed by atoms with Crippen LogP contribution >= 0.6 is 0 Å². The molecule has 5 N–H and O–H groups in total. The van der Waals surface area contributed by atoms with Gasteiger partial charge in [-0.1, -0.05) is 6.07 Å². The summed E-state index contributed by atoms with van der Waals surface area (Å²) < 4.78 is 5.25. The number of phenols is 4. The molecule has 7 heteroatoms. The molecule has 0 radical (unpaired) electrons. The fourth-order valence-electron chi connectivity index (χ4n) is 2.54. The third-order valence-electron chi connectivity index (χ3n) is 3.77. The summed E-state index contributed by atoms with van der Waals surface area (Å²) in [5, 5.41) is 48.5. The van der Waals surface area contributed by atoms with E-state index in [-0.39, 0.29) is 29.2 Å². The summed E-state index contributed by atoms with van der Waals surface area (Å²) in [5.74, 6) is -2.49. The lowest BCUT2D eigenvalue weighted by Gasteiger charge is -2.32. The Morgan fingerprint density at radius 1 is 1.00 bits per heavy atom. The number of fused-ring (bicyclic) bond motifs is 1. The van der Waals surface area contributed by atoms with Gasteiger partial charge < -0.3 is 30.3 Å². The van der Waals surface area contributed by atoms with E-state index in [1.165, 1.54) is 24.3 Å². The van der Waals surface area contributed by atoms with Crippen LogP contribution in [0.3, 0.4) is 0 Å². The number of carbonyl (C=O) groups is 1. The molecule has 7 nitrogen and oxygen atoms in total. The normalized spacial score (nSPS) is 20.0. The highest BCUT2D eigenvalue weighted by Gasteiger charge is 2.43. The van der Waals surface area contributed by atoms with Gasteiger partial charge in [0.25, 0.3) is 0 Å². The van der Waals surface area contributed by atoms with Crippen LogP contribution in [0, 0.1) is 0 Å². The monoisotopic (exact) mass is 318 g/mol. The van der Waals surface area contributed by atoms with Crippen LogP contribution in [0.15, 0.2) is 30.3 Å². The molecule has 3 rings (SSSR count). The minimum atomic E-state index is -1.89. The van der Waals surface area contributed by atoms with Crippen LogP contribution in [0.2, 0.25) is 0 Å². The topological polar surface area (TPSA) is 127 Å². The lowest BCUT2D eigenvalue weighted by Crippen LogP contribution is -2.49. The molecule has 1 aliphatic rings. The highest BCUT2D eigenvalue weighted by atomic mass is 16.5. The first-order valence-corrected chi connectivity index (χ1v) is 6.77. The molecule has 0 saturated carbocycles. The summed E-state index contributed by atoms with van der Waals surface area (Å²) in [7, 11) is 0. The highest BCUT2D eigenvalue weighted by Crippen LogP contribution is 2.43. The Labute approximate surface area is 130 Å². The van der Waals surface area contributed by atoms with Crippen molar-refractivity contribution in [3.8, 4) is 28.7 Å². The SMILES string of the molecule is O=C1c2ccc(O)c(O)c2OCC1(O)Cc1ccc(O)c(O)c1. The van der Waals surface area contributed by atoms with Gasteiger partial charge in [-0.15, -0.1) is 0 Å². The zero-order valence-corrected chi connectivity index (χ0v) is 11.9. The molecular formula is C16H14O7. The van der Waals surface area contributed by atoms with E-state index in [1.54, 1.807) is 0 Å². The molecule has 2 aromatic carbocycles. The van der Waals surface area contributed by atoms with Gasteiger partial charge in [0.2, 0.25) is 11.5 Å². The minimum absolute atomic E-state index is 0.0444. The van der Waals surface area contributed by atoms with Gasteiger partial charge in [0.1, 0.15) is 6.61 Å². The molecule has 0 amide bonds. The van der Waals surface area contributed by atoms with Gasteiger partial charge >= 0.3 is 0 Å². The average Bonchev–Trinajstić information content (AvgIpc) is 2.51. The van der Waals surface area contributed by atoms with Gasteiger partial charge in [0.15, 0.2) is 28.6 Å². The van der Waals surface area contributed by atoms with E-state index in [9.17, 15) is 30.3 Å². The van der Waals surface area contributed by atoms with Crippen LogP contribution in [0.25, 0.3) is 0 Å². The first-order valence-electron chi connectivity index (χ1n) is 6.77. The summed E-state index contributed by atoms with van der Waals surface area (Å²) in [4.78, 5) is 12.5. The number of phenolic OH excluding ortho intramolecular Hbond substituents is 4. The molecule has 0 bridgehead atoms. The van der Waals surface area contributed by atoms with Crippen molar-refractivity contribution in [2.75, 3.05) is 6.61 Å². The summed E-state index contributed by atoms with van der Waals surface area (Å²) in [5.41, 5.74) is -1.51. The van der Waals surface area contributed by atoms with E-state index in [4.69, 9.17) is 4.74 Å². The Bertz CT molecular complexity index is 799. The predicted molar refractivity (Wildman–Crippen MR) is 78.0 cm³/mol. The molecule has 1 unspecified atom stereocenters. The van der Waals surface area contributed by atoms with E-state index < -0.39 is 29.5 Å². The number of hydrogen-bond acceptors (Lipinski definition) is 7. The zero-order chi connectivity index (χ0) is 16.8. The molecular weight excluding hydrogens is 304 g/mol. The van der Waals surface area contributed by atoms with E-state index in [1.807, 2.05) is 0 Å². The van der Waals surface area contributed by atoms with Gasteiger partial charge in [-0.05, 0) is 29.8 Å². The predicted octanol–water partition coefficient (Wildman–Crippen LogP) is 1.06. The first-order chi connectivity index (χ1) is 10.8. The van der Waals surface area contributed by atoms with Crippen molar-refractivity contribution in [3.05, 3.63) is 41.5 Å². The Morgan fingerprint density at radius 2 is 1.70 bits per heavy atom. The van der Waals surface area contributed by atoms with Crippen molar-refractivity contribution < 1.29 is 35.1 Å². The standard InChI is InChI=1S/C16H14O7/c17-10-3-1-8(5-12(10)19)6-16(22)7-23-14-9(15(16)21)2-4-11(18)13(14)20/h1-5,17-20,22H,6-7H2. The third-order valence-corrected chi connectivity index (χ3v) is 3.77. The first kappa shape index (κ1) is 15.0. The van der Waals surface area contributed by atoms with Crippen LogP contribution < -0.4 is 4.74 Å². The zero-order valence-electron chi connectivity index (χ0n) is 11.9. The van der Waals surface area contributed by atoms with Crippen molar-refractivity contribution in [1.29, 1.82) is 0 Å². The molecule has 1 heterocycles. The molecule has 0 spiro atoms. The summed E-state index contributed by atoms with van der Waals surface area (Å²) in [6.45, 7) is -0.419. The molecule has 23 heavy (non-hydrogen) atoms. The Kier molecular flexibility index (Phi) is 3.30. The summed E-state index contributed by atoms with van der Waals surface area (Å²) in [6.07, 6.45) is -0.152. The lowest BCUT2D eigenvalue weighted by atomic mass is 9.85. The number of carbonyl (C=O) groups excluding carboxylic acids is 1. The maximum atomic E-state index is 12.5. The number of Topliss-reactive ketones (excluding diaryl/α,β-unsaturated/α-hetero) is 1. The molecule has 1 aliphatic heterocycles. The molecule has 0 aliphatic carbocycles. The largest absolute Gasteiger partial charge is 0.504 e. The number of hydrogen-bond donors (Lipinski definition) is 5. The van der Waals surface area contributed by atoms with Crippen molar-refractivity contribution in [2.24, 2.45) is 0 Å². The smallest absolute Gasteiger partial charge is 0.202 e. The van der Waals surface area contributed by atoms with Gasteiger partial charge in [-0.25, -0.2) is 0 Å². The summed E-state index contributed by atoms with van der Waals surface area (Å²) >= 11 is 0. The highest BCUT2D eigenvalue weighted by molar-refractivity contribution is 6.06. The van der Waals surface area contributed by atoms with Gasteiger partial charge in [0.05, 0.1) is 5.56 Å². The second kappa shape index (κ2) is 5.06. The molecule has 120 valence electrons. The number of ketones is 1. The number of aromatic hydroxyl groups is 4. The maximum absolute atomic E-state index is 12.5. The second-order valence-corrected chi connectivity index (χ2v) is 5.46. The molecule has 0 saturated heterocycles. The lowest BCUT2D eigenvalue weighted by molar-refractivity contribution is -0.00274. The number of aliphatic hydroxyl groups is 1. The van der Waals surface area contributed by atoms with Crippen LogP contribution in [-0.4, -0.2) is 43.5 Å². The van der Waals surface area contributed by atoms with Crippen molar-refractivity contribution >= 4 is 5.78 Å². The van der Waals surface area contributed by atoms with Crippen LogP contribution in [0.1, 0.15) is 15.9 Å². The van der Waals surface area contributed by atoms with Gasteiger partial charge in [-0.3, -0.25) is 4.79 Å². The van der Waals surface area contributed by atoms with Crippen molar-refractivity contribution in [1.82, 2.24) is 0 Å². The molecule has 1 atom stereocenters. The van der Waals surface area contributed by atoms with Crippen LogP contribution in [0.4, 0.5) is 0 Å². The average molecular weight is 318 g/mol. The molecule has 0 fully saturated rings. The van der Waals surface area contributed by atoms with E-state index >= 15 is 0 Å². The number of rotatable bonds is 2. The van der Waals surface area contributed by atoms with Crippen LogP contribution in [0.5, 0.6) is 28.7 Å². The van der Waals surface area contributed by atoms with Crippen molar-refractivity contribution in [3.63, 3.8) is 0 Å². The van der Waals surface area contributed by atoms with Gasteiger partial charge in [-0.2, -0.15) is 0 Å². The summed E-state index contributed by atoms with van der Waals surface area (Å²) in [6, 6.07) is 6.34. The Balaban J connectivity index is 1.95. The van der Waals surface area contributed by atoms with Gasteiger partial charge in [0, 0.05) is 6.42 Å². The number of benzene rings is 2. The van der Waals surface area contributed by atoms with Crippen molar-refractivity contribution in [2.45, 2.75) is 12.0 Å². The third kappa shape index (κ3) is 2.40. The van der Waals surface area contributed by atoms with E-state index in [0.717, 1.165) is 6.07 Å². The molecule has 2 aromatic rings. The van der Waals surface area contributed by atoms with E-state index in [2.05, 4.69) is 0 Å². The fourth-order valence-corrected chi connectivity index (χ4v) is 2.54. The van der Waals surface area contributed by atoms with E-state index in [0.29, 0.717) is 5.56 Å². The Morgan fingerprint density at radius 3 is 2.39 bits per heavy atom. The minimum Gasteiger partial charge on any atom is -0.504 e. The second-order valence-electron chi connectivity index (χ2n) is 5.46.